The summed E-state index contributed by atoms with van der Waals surface area (Å²) in [6.45, 7) is 6.17. The van der Waals surface area contributed by atoms with Crippen LogP contribution in [0.25, 0.3) is 10.2 Å². The van der Waals surface area contributed by atoms with E-state index in [1.54, 1.807) is 0 Å². The van der Waals surface area contributed by atoms with Gasteiger partial charge in [-0.25, -0.2) is 4.98 Å². The van der Waals surface area contributed by atoms with Gasteiger partial charge in [-0.2, -0.15) is 0 Å². The minimum absolute atomic E-state index is 0.0561. The van der Waals surface area contributed by atoms with Gasteiger partial charge >= 0.3 is 0 Å². The third kappa shape index (κ3) is 2.16. The molecule has 1 aliphatic carbocycles. The first-order chi connectivity index (χ1) is 9.45. The number of hydrogen-bond donors (Lipinski definition) is 2. The Kier molecular flexibility index (Phi) is 3.17. The van der Waals surface area contributed by atoms with E-state index in [1.165, 1.54) is 11.3 Å². The van der Waals surface area contributed by atoms with E-state index >= 15 is 0 Å². The summed E-state index contributed by atoms with van der Waals surface area (Å²) in [5.41, 5.74) is 8.77. The lowest BCUT2D eigenvalue weighted by Crippen LogP contribution is -2.43. The molecule has 1 aliphatic rings. The zero-order valence-electron chi connectivity index (χ0n) is 12.0. The Morgan fingerprint density at radius 2 is 2.15 bits per heavy atom. The van der Waals surface area contributed by atoms with Gasteiger partial charge in [-0.3, -0.25) is 4.79 Å². The van der Waals surface area contributed by atoms with Crippen molar-refractivity contribution in [2.45, 2.75) is 39.7 Å². The summed E-state index contributed by atoms with van der Waals surface area (Å²) in [7, 11) is 0. The SMILES string of the molecule is Cc1cc(C)c2c(N)c(C(=O)NC3CC(C)C3)sc2n1. The Hall–Kier alpha value is -1.62. The minimum Gasteiger partial charge on any atom is -0.397 e. The van der Waals surface area contributed by atoms with Crippen molar-refractivity contribution in [1.82, 2.24) is 10.3 Å². The number of pyridine rings is 1. The summed E-state index contributed by atoms with van der Waals surface area (Å²) in [5, 5.41) is 3.99. The zero-order chi connectivity index (χ0) is 14.4. The van der Waals surface area contributed by atoms with E-state index in [0.29, 0.717) is 22.5 Å². The van der Waals surface area contributed by atoms with Crippen LogP contribution in [0.3, 0.4) is 0 Å². The average molecular weight is 289 g/mol. The Morgan fingerprint density at radius 3 is 2.80 bits per heavy atom. The van der Waals surface area contributed by atoms with Crippen molar-refractivity contribution in [3.05, 3.63) is 22.2 Å². The summed E-state index contributed by atoms with van der Waals surface area (Å²) in [6, 6.07) is 2.30. The fourth-order valence-electron chi connectivity index (χ4n) is 2.91. The van der Waals surface area contributed by atoms with E-state index in [1.807, 2.05) is 19.9 Å². The number of nitrogens with one attached hydrogen (secondary N) is 1. The number of nitrogens with two attached hydrogens (primary N) is 1. The molecule has 0 atom stereocenters. The van der Waals surface area contributed by atoms with Gasteiger partial charge in [0.2, 0.25) is 0 Å². The molecule has 2 aromatic heterocycles. The second kappa shape index (κ2) is 4.74. The number of fused-ring (bicyclic) bond motifs is 1. The summed E-state index contributed by atoms with van der Waals surface area (Å²) in [4.78, 5) is 18.3. The van der Waals surface area contributed by atoms with Gasteiger partial charge in [0, 0.05) is 17.1 Å². The molecule has 0 radical (unpaired) electrons. The van der Waals surface area contributed by atoms with E-state index in [4.69, 9.17) is 5.73 Å². The van der Waals surface area contributed by atoms with Crippen molar-refractivity contribution in [2.75, 3.05) is 5.73 Å². The summed E-state index contributed by atoms with van der Waals surface area (Å²) >= 11 is 1.39. The number of nitrogens with zero attached hydrogens (tertiary/aromatic N) is 1. The molecule has 1 saturated carbocycles. The van der Waals surface area contributed by atoms with Crippen LogP contribution in [0.2, 0.25) is 0 Å². The van der Waals surface area contributed by atoms with Gasteiger partial charge in [0.15, 0.2) is 0 Å². The van der Waals surface area contributed by atoms with Crippen LogP contribution in [0.15, 0.2) is 6.07 Å². The molecule has 106 valence electrons. The fourth-order valence-corrected chi connectivity index (χ4v) is 4.03. The summed E-state index contributed by atoms with van der Waals surface area (Å²) in [6.07, 6.45) is 2.12. The monoisotopic (exact) mass is 289 g/mol. The second-order valence-electron chi connectivity index (χ2n) is 5.85. The molecule has 0 aliphatic heterocycles. The van der Waals surface area contributed by atoms with Gasteiger partial charge in [-0.15, -0.1) is 11.3 Å². The number of anilines is 1. The highest BCUT2D eigenvalue weighted by Gasteiger charge is 2.28. The van der Waals surface area contributed by atoms with Crippen molar-refractivity contribution in [3.63, 3.8) is 0 Å². The summed E-state index contributed by atoms with van der Waals surface area (Å²) in [5.74, 6) is 0.658. The topological polar surface area (TPSA) is 68.0 Å². The number of thiophene rings is 1. The lowest BCUT2D eigenvalue weighted by molar-refractivity contribution is 0.0901. The summed E-state index contributed by atoms with van der Waals surface area (Å²) < 4.78 is 0. The van der Waals surface area contributed by atoms with E-state index < -0.39 is 0 Å². The van der Waals surface area contributed by atoms with Gasteiger partial charge in [-0.05, 0) is 44.2 Å². The Balaban J connectivity index is 1.93. The lowest BCUT2D eigenvalue weighted by Gasteiger charge is -2.33. The highest BCUT2D eigenvalue weighted by atomic mass is 32.1. The molecule has 0 unspecified atom stereocenters. The largest absolute Gasteiger partial charge is 0.397 e. The maximum Gasteiger partial charge on any atom is 0.263 e. The van der Waals surface area contributed by atoms with Crippen LogP contribution < -0.4 is 11.1 Å². The maximum atomic E-state index is 12.3. The third-order valence-corrected chi connectivity index (χ3v) is 5.04. The molecular weight excluding hydrogens is 270 g/mol. The second-order valence-corrected chi connectivity index (χ2v) is 6.85. The van der Waals surface area contributed by atoms with Gasteiger partial charge in [0.1, 0.15) is 9.71 Å². The predicted molar refractivity (Wildman–Crippen MR) is 83.2 cm³/mol. The van der Waals surface area contributed by atoms with Crippen molar-refractivity contribution in [3.8, 4) is 0 Å². The minimum atomic E-state index is -0.0561. The molecule has 0 spiro atoms. The molecule has 4 nitrogen and oxygen atoms in total. The predicted octanol–water partition coefficient (Wildman–Crippen LogP) is 3.02. The first-order valence-corrected chi connectivity index (χ1v) is 7.74. The van der Waals surface area contributed by atoms with Crippen molar-refractivity contribution >= 4 is 33.1 Å². The highest BCUT2D eigenvalue weighted by molar-refractivity contribution is 7.21. The van der Waals surface area contributed by atoms with E-state index in [-0.39, 0.29) is 5.91 Å². The molecule has 0 saturated heterocycles. The van der Waals surface area contributed by atoms with Crippen LogP contribution >= 0.6 is 11.3 Å². The number of nitrogen functional groups attached to an aromatic ring is 1. The molecule has 3 N–H and O–H groups in total. The molecule has 20 heavy (non-hydrogen) atoms. The van der Waals surface area contributed by atoms with Crippen molar-refractivity contribution in [1.29, 1.82) is 0 Å². The average Bonchev–Trinajstić information content (AvgIpc) is 2.64. The molecule has 2 heterocycles. The van der Waals surface area contributed by atoms with Crippen LogP contribution in [0, 0.1) is 19.8 Å². The van der Waals surface area contributed by atoms with Gasteiger partial charge in [0.05, 0.1) is 5.69 Å². The molecule has 5 heteroatoms. The lowest BCUT2D eigenvalue weighted by atomic mass is 9.82. The maximum absolute atomic E-state index is 12.3. The van der Waals surface area contributed by atoms with Crippen LogP contribution in [0.5, 0.6) is 0 Å². The first kappa shape index (κ1) is 13.4. The smallest absolute Gasteiger partial charge is 0.263 e. The molecular formula is C15H19N3OS. The van der Waals surface area contributed by atoms with Gasteiger partial charge in [0.25, 0.3) is 5.91 Å². The van der Waals surface area contributed by atoms with Crippen LogP contribution in [-0.2, 0) is 0 Å². The zero-order valence-corrected chi connectivity index (χ0v) is 12.8. The number of carbonyl (C=O) groups is 1. The Morgan fingerprint density at radius 1 is 1.45 bits per heavy atom. The van der Waals surface area contributed by atoms with Gasteiger partial charge < -0.3 is 11.1 Å². The van der Waals surface area contributed by atoms with Crippen LogP contribution in [0.4, 0.5) is 5.69 Å². The molecule has 1 amide bonds. The molecule has 0 aromatic carbocycles. The van der Waals surface area contributed by atoms with Crippen molar-refractivity contribution in [2.24, 2.45) is 5.92 Å². The molecule has 1 fully saturated rings. The number of amides is 1. The van der Waals surface area contributed by atoms with Crippen LogP contribution in [0.1, 0.15) is 40.7 Å². The van der Waals surface area contributed by atoms with E-state index in [2.05, 4.69) is 17.2 Å². The van der Waals surface area contributed by atoms with Gasteiger partial charge in [-0.1, -0.05) is 6.92 Å². The quantitative estimate of drug-likeness (QED) is 0.893. The highest BCUT2D eigenvalue weighted by Crippen LogP contribution is 2.35. The molecule has 0 bridgehead atoms. The number of hydrogen-bond acceptors (Lipinski definition) is 4. The number of rotatable bonds is 2. The van der Waals surface area contributed by atoms with E-state index in [9.17, 15) is 4.79 Å². The standard InChI is InChI=1S/C15H19N3OS/c1-7-4-10(5-7)18-14(19)13-12(16)11-8(2)6-9(3)17-15(11)20-13/h6-7,10H,4-5,16H2,1-3H3,(H,18,19). The number of carbonyl (C=O) groups excluding carboxylic acids is 1. The van der Waals surface area contributed by atoms with Crippen molar-refractivity contribution < 1.29 is 4.79 Å². The van der Waals surface area contributed by atoms with E-state index in [0.717, 1.165) is 34.3 Å². The number of aryl methyl sites for hydroxylation is 2. The number of aromatic nitrogens is 1. The molecule has 3 rings (SSSR count). The first-order valence-electron chi connectivity index (χ1n) is 6.92. The molecule has 2 aromatic rings. The Labute approximate surface area is 122 Å². The fraction of sp³-hybridized carbons (Fsp3) is 0.467. The normalized spacial score (nSPS) is 21.8. The third-order valence-electron chi connectivity index (χ3n) is 3.94. The Bertz CT molecular complexity index is 686. The van der Waals surface area contributed by atoms with Crippen LogP contribution in [-0.4, -0.2) is 16.9 Å².